The number of nitrogens with two attached hydrogens (primary N) is 1. The highest BCUT2D eigenvalue weighted by Crippen LogP contribution is 2.11. The number of benzene rings is 1. The second kappa shape index (κ2) is 7.13. The summed E-state index contributed by atoms with van der Waals surface area (Å²) in [5.41, 5.74) is 5.82. The second-order valence-electron chi connectivity index (χ2n) is 4.02. The van der Waals surface area contributed by atoms with E-state index < -0.39 is 23.9 Å². The first kappa shape index (κ1) is 15.5. The van der Waals surface area contributed by atoms with Gasteiger partial charge in [-0.25, -0.2) is 9.59 Å². The van der Waals surface area contributed by atoms with E-state index in [0.717, 1.165) is 0 Å². The maximum absolute atomic E-state index is 11.7. The number of carbonyl (C=O) groups is 3. The van der Waals surface area contributed by atoms with E-state index in [1.165, 1.54) is 6.92 Å². The van der Waals surface area contributed by atoms with Crippen LogP contribution >= 0.6 is 0 Å². The van der Waals surface area contributed by atoms with Crippen LogP contribution in [-0.2, 0) is 9.53 Å². The van der Waals surface area contributed by atoms with E-state index in [-0.39, 0.29) is 0 Å². The largest absolute Gasteiger partial charge is 0.462 e. The molecule has 1 atom stereocenters. The zero-order chi connectivity index (χ0) is 15.1. The minimum absolute atomic E-state index is 0.299. The first-order valence-electron chi connectivity index (χ1n) is 6.08. The maximum Gasteiger partial charge on any atom is 0.338 e. The van der Waals surface area contributed by atoms with Crippen molar-refractivity contribution in [2.24, 2.45) is 5.73 Å². The highest BCUT2D eigenvalue weighted by molar-refractivity contribution is 5.97. The molecule has 4 N–H and O–H groups in total. The van der Waals surface area contributed by atoms with Gasteiger partial charge in [-0.1, -0.05) is 0 Å². The van der Waals surface area contributed by atoms with Crippen molar-refractivity contribution in [2.45, 2.75) is 19.9 Å². The molecule has 0 saturated heterocycles. The molecule has 0 heterocycles. The number of esters is 1. The van der Waals surface area contributed by atoms with Crippen LogP contribution in [0.15, 0.2) is 24.3 Å². The van der Waals surface area contributed by atoms with Gasteiger partial charge >= 0.3 is 12.0 Å². The van der Waals surface area contributed by atoms with Crippen molar-refractivity contribution in [3.63, 3.8) is 0 Å². The number of ether oxygens (including phenoxy) is 1. The van der Waals surface area contributed by atoms with Crippen molar-refractivity contribution in [1.29, 1.82) is 0 Å². The molecular formula is C13H17N3O4. The van der Waals surface area contributed by atoms with Crippen molar-refractivity contribution < 1.29 is 19.1 Å². The molecule has 0 fully saturated rings. The summed E-state index contributed by atoms with van der Waals surface area (Å²) in [5, 5.41) is 4.85. The molecule has 0 aliphatic carbocycles. The van der Waals surface area contributed by atoms with Gasteiger partial charge in [0.2, 0.25) is 5.91 Å². The van der Waals surface area contributed by atoms with Crippen LogP contribution in [0.3, 0.4) is 0 Å². The Hall–Kier alpha value is -2.57. The molecule has 0 radical (unpaired) electrons. The van der Waals surface area contributed by atoms with E-state index >= 15 is 0 Å². The lowest BCUT2D eigenvalue weighted by Crippen LogP contribution is -2.44. The highest BCUT2D eigenvalue weighted by Gasteiger charge is 2.14. The van der Waals surface area contributed by atoms with Gasteiger partial charge in [0.25, 0.3) is 0 Å². The summed E-state index contributed by atoms with van der Waals surface area (Å²) in [4.78, 5) is 33.8. The van der Waals surface area contributed by atoms with E-state index in [0.29, 0.717) is 17.9 Å². The summed E-state index contributed by atoms with van der Waals surface area (Å²) in [6.07, 6.45) is 0. The molecule has 20 heavy (non-hydrogen) atoms. The number of nitrogens with one attached hydrogen (secondary N) is 2. The molecule has 0 aliphatic heterocycles. The van der Waals surface area contributed by atoms with Gasteiger partial charge in [-0.05, 0) is 38.1 Å². The molecular weight excluding hydrogens is 262 g/mol. The average molecular weight is 279 g/mol. The highest BCUT2D eigenvalue weighted by atomic mass is 16.5. The summed E-state index contributed by atoms with van der Waals surface area (Å²) >= 11 is 0. The normalized spacial score (nSPS) is 11.3. The van der Waals surface area contributed by atoms with E-state index in [1.54, 1.807) is 31.2 Å². The minimum atomic E-state index is -0.773. The van der Waals surface area contributed by atoms with Gasteiger partial charge < -0.3 is 21.1 Å². The van der Waals surface area contributed by atoms with Crippen molar-refractivity contribution in [3.05, 3.63) is 29.8 Å². The third kappa shape index (κ3) is 4.60. The van der Waals surface area contributed by atoms with Gasteiger partial charge in [-0.15, -0.1) is 0 Å². The van der Waals surface area contributed by atoms with E-state index in [1.807, 2.05) is 0 Å². The zero-order valence-electron chi connectivity index (χ0n) is 11.3. The fourth-order valence-electron chi connectivity index (χ4n) is 1.43. The predicted molar refractivity (Wildman–Crippen MR) is 73.2 cm³/mol. The quantitative estimate of drug-likeness (QED) is 0.694. The van der Waals surface area contributed by atoms with Gasteiger partial charge in [0.15, 0.2) is 0 Å². The number of anilines is 1. The fourth-order valence-corrected chi connectivity index (χ4v) is 1.43. The summed E-state index contributed by atoms with van der Waals surface area (Å²) in [6.45, 7) is 3.53. The topological polar surface area (TPSA) is 111 Å². The van der Waals surface area contributed by atoms with Gasteiger partial charge in [0, 0.05) is 5.69 Å². The van der Waals surface area contributed by atoms with Crippen LogP contribution in [-0.4, -0.2) is 30.6 Å². The Morgan fingerprint density at radius 2 is 1.85 bits per heavy atom. The molecule has 0 aromatic heterocycles. The number of hydrogen-bond acceptors (Lipinski definition) is 4. The molecule has 0 spiro atoms. The molecule has 0 saturated carbocycles. The Morgan fingerprint density at radius 1 is 1.25 bits per heavy atom. The van der Waals surface area contributed by atoms with Crippen LogP contribution in [0.1, 0.15) is 24.2 Å². The van der Waals surface area contributed by atoms with Crippen LogP contribution in [0.5, 0.6) is 0 Å². The molecule has 7 heteroatoms. The molecule has 0 aliphatic rings. The molecule has 1 aromatic carbocycles. The van der Waals surface area contributed by atoms with Crippen LogP contribution < -0.4 is 16.4 Å². The standard InChI is InChI=1S/C13H17N3O4/c1-3-20-12(18)9-4-6-10(7-5-9)16-11(17)8(2)15-13(14)19/h4-8H,3H2,1-2H3,(H,16,17)(H3,14,15,19). The Balaban J connectivity index is 2.63. The van der Waals surface area contributed by atoms with Crippen molar-refractivity contribution in [3.8, 4) is 0 Å². The van der Waals surface area contributed by atoms with Crippen molar-refractivity contribution in [1.82, 2.24) is 5.32 Å². The summed E-state index contributed by atoms with van der Waals surface area (Å²) in [5.74, 6) is -0.832. The summed E-state index contributed by atoms with van der Waals surface area (Å²) < 4.78 is 4.84. The average Bonchev–Trinajstić information content (AvgIpc) is 2.39. The Morgan fingerprint density at radius 3 is 2.35 bits per heavy atom. The molecule has 108 valence electrons. The second-order valence-corrected chi connectivity index (χ2v) is 4.02. The molecule has 1 aromatic rings. The van der Waals surface area contributed by atoms with Gasteiger partial charge in [0.1, 0.15) is 6.04 Å². The third-order valence-electron chi connectivity index (χ3n) is 2.42. The lowest BCUT2D eigenvalue weighted by Gasteiger charge is -2.12. The summed E-state index contributed by atoms with van der Waals surface area (Å²) in [7, 11) is 0. The molecule has 3 amide bonds. The van der Waals surface area contributed by atoms with E-state index in [2.05, 4.69) is 10.6 Å². The van der Waals surface area contributed by atoms with Gasteiger partial charge in [0.05, 0.1) is 12.2 Å². The zero-order valence-corrected chi connectivity index (χ0v) is 11.3. The van der Waals surface area contributed by atoms with Crippen LogP contribution in [0.25, 0.3) is 0 Å². The number of urea groups is 1. The fraction of sp³-hybridized carbons (Fsp3) is 0.308. The molecule has 7 nitrogen and oxygen atoms in total. The Kier molecular flexibility index (Phi) is 5.52. The first-order valence-corrected chi connectivity index (χ1v) is 6.08. The lowest BCUT2D eigenvalue weighted by atomic mass is 10.2. The molecule has 1 unspecified atom stereocenters. The van der Waals surface area contributed by atoms with Crippen molar-refractivity contribution in [2.75, 3.05) is 11.9 Å². The number of amides is 3. The monoisotopic (exact) mass is 279 g/mol. The van der Waals surface area contributed by atoms with Crippen LogP contribution in [0.2, 0.25) is 0 Å². The maximum atomic E-state index is 11.7. The van der Waals surface area contributed by atoms with E-state index in [4.69, 9.17) is 10.5 Å². The number of hydrogen-bond donors (Lipinski definition) is 3. The SMILES string of the molecule is CCOC(=O)c1ccc(NC(=O)C(C)NC(N)=O)cc1. The van der Waals surface area contributed by atoms with Gasteiger partial charge in [-0.2, -0.15) is 0 Å². The van der Waals surface area contributed by atoms with E-state index in [9.17, 15) is 14.4 Å². The minimum Gasteiger partial charge on any atom is -0.462 e. The lowest BCUT2D eigenvalue weighted by molar-refractivity contribution is -0.117. The van der Waals surface area contributed by atoms with Crippen molar-refractivity contribution >= 4 is 23.6 Å². The summed E-state index contributed by atoms with van der Waals surface area (Å²) in [6, 6.07) is 4.70. The predicted octanol–water partition coefficient (Wildman–Crippen LogP) is 0.859. The number of primary amides is 1. The Bertz CT molecular complexity index is 499. The first-order chi connectivity index (χ1) is 9.43. The number of rotatable bonds is 5. The van der Waals surface area contributed by atoms with Gasteiger partial charge in [-0.3, -0.25) is 4.79 Å². The third-order valence-corrected chi connectivity index (χ3v) is 2.42. The smallest absolute Gasteiger partial charge is 0.338 e. The molecule has 0 bridgehead atoms. The van der Waals surface area contributed by atoms with Crippen LogP contribution in [0, 0.1) is 0 Å². The Labute approximate surface area is 116 Å². The number of carbonyl (C=O) groups excluding carboxylic acids is 3. The molecule has 1 rings (SSSR count). The van der Waals surface area contributed by atoms with Crippen LogP contribution in [0.4, 0.5) is 10.5 Å².